The Morgan fingerprint density at radius 1 is 1.33 bits per heavy atom. The lowest BCUT2D eigenvalue weighted by Gasteiger charge is -2.03. The fourth-order valence-corrected chi connectivity index (χ4v) is 1.23. The molecule has 1 rings (SSSR count). The van der Waals surface area contributed by atoms with Crippen molar-refractivity contribution in [1.82, 2.24) is 5.32 Å². The van der Waals surface area contributed by atoms with E-state index in [0.29, 0.717) is 0 Å². The summed E-state index contributed by atoms with van der Waals surface area (Å²) in [5.41, 5.74) is 2.40. The highest BCUT2D eigenvalue weighted by atomic mass is 14.9. The lowest BCUT2D eigenvalue weighted by Crippen LogP contribution is -2.20. The molecule has 1 N–H and O–H groups in total. The third-order valence-electron chi connectivity index (χ3n) is 2.00. The van der Waals surface area contributed by atoms with Crippen LogP contribution >= 0.6 is 0 Å². The van der Waals surface area contributed by atoms with Gasteiger partial charge in [-0.1, -0.05) is 36.4 Å². The Labute approximate surface area is 91.7 Å². The number of rotatable bonds is 5. The van der Waals surface area contributed by atoms with Gasteiger partial charge in [0.15, 0.2) is 0 Å². The topological polar surface area (TPSA) is 24.4 Å². The molecule has 0 saturated carbocycles. The molecule has 0 saturated heterocycles. The summed E-state index contributed by atoms with van der Waals surface area (Å²) in [6.45, 7) is 5.72. The van der Waals surface area contributed by atoms with Crippen LogP contribution in [0.2, 0.25) is 0 Å². The Hall–Kier alpha value is -1.41. The monoisotopic (exact) mass is 202 g/mol. The van der Waals surface area contributed by atoms with Gasteiger partial charge in [0, 0.05) is 25.0 Å². The summed E-state index contributed by atoms with van der Waals surface area (Å²) in [5.74, 6) is 0. The van der Waals surface area contributed by atoms with Crippen molar-refractivity contribution in [2.24, 2.45) is 4.99 Å². The van der Waals surface area contributed by atoms with Crippen LogP contribution in [0.3, 0.4) is 0 Å². The highest BCUT2D eigenvalue weighted by molar-refractivity contribution is 5.84. The second-order valence-corrected chi connectivity index (χ2v) is 3.44. The van der Waals surface area contributed by atoms with Crippen LogP contribution in [-0.2, 0) is 6.54 Å². The molecule has 2 heteroatoms. The van der Waals surface area contributed by atoms with Gasteiger partial charge >= 0.3 is 0 Å². The zero-order valence-corrected chi connectivity index (χ0v) is 9.40. The van der Waals surface area contributed by atoms with Gasteiger partial charge in [0.25, 0.3) is 0 Å². The average molecular weight is 202 g/mol. The summed E-state index contributed by atoms with van der Waals surface area (Å²) in [6, 6.07) is 10.4. The van der Waals surface area contributed by atoms with E-state index < -0.39 is 0 Å². The maximum Gasteiger partial charge on any atom is 0.0340 e. The largest absolute Gasteiger partial charge is 0.307 e. The standard InChI is InChI=1S/C13H18N2/c1-3-9-15-12(2)10-14-11-13-7-5-4-6-8-13/h3-9,14H,10-11H2,1-2H3/b9-3-,15-12?. The summed E-state index contributed by atoms with van der Waals surface area (Å²) in [5, 5.41) is 3.35. The number of nitrogens with one attached hydrogen (secondary N) is 1. The highest BCUT2D eigenvalue weighted by Gasteiger charge is 1.91. The molecule has 1 aromatic carbocycles. The number of aliphatic imine (C=N–C) groups is 1. The summed E-state index contributed by atoms with van der Waals surface area (Å²) in [4.78, 5) is 4.25. The van der Waals surface area contributed by atoms with Gasteiger partial charge in [-0.15, -0.1) is 0 Å². The number of nitrogens with zero attached hydrogens (tertiary/aromatic N) is 1. The zero-order chi connectivity index (χ0) is 10.9. The van der Waals surface area contributed by atoms with E-state index >= 15 is 0 Å². The van der Waals surface area contributed by atoms with Crippen LogP contribution in [0.25, 0.3) is 0 Å². The van der Waals surface area contributed by atoms with Crippen LogP contribution in [0.5, 0.6) is 0 Å². The van der Waals surface area contributed by atoms with Crippen molar-refractivity contribution >= 4 is 5.71 Å². The Kier molecular flexibility index (Phi) is 5.41. The molecule has 0 atom stereocenters. The third kappa shape index (κ3) is 5.13. The first-order chi connectivity index (χ1) is 7.33. The van der Waals surface area contributed by atoms with E-state index in [2.05, 4.69) is 34.6 Å². The van der Waals surface area contributed by atoms with Crippen molar-refractivity contribution in [2.45, 2.75) is 20.4 Å². The Morgan fingerprint density at radius 2 is 2.07 bits per heavy atom. The van der Waals surface area contributed by atoms with Gasteiger partial charge in [0.2, 0.25) is 0 Å². The van der Waals surface area contributed by atoms with Gasteiger partial charge < -0.3 is 5.32 Å². The van der Waals surface area contributed by atoms with Crippen LogP contribution in [0, 0.1) is 0 Å². The van der Waals surface area contributed by atoms with E-state index in [-0.39, 0.29) is 0 Å². The summed E-state index contributed by atoms with van der Waals surface area (Å²) < 4.78 is 0. The number of allylic oxidation sites excluding steroid dienone is 1. The zero-order valence-electron chi connectivity index (χ0n) is 9.40. The molecular weight excluding hydrogens is 184 g/mol. The first kappa shape index (κ1) is 11.7. The van der Waals surface area contributed by atoms with Crippen LogP contribution in [0.4, 0.5) is 0 Å². The summed E-state index contributed by atoms with van der Waals surface area (Å²) in [6.07, 6.45) is 3.75. The van der Waals surface area contributed by atoms with Crippen molar-refractivity contribution in [1.29, 1.82) is 0 Å². The predicted molar refractivity (Wildman–Crippen MR) is 66.1 cm³/mol. The van der Waals surface area contributed by atoms with Crippen LogP contribution < -0.4 is 5.32 Å². The first-order valence-electron chi connectivity index (χ1n) is 5.22. The van der Waals surface area contributed by atoms with Gasteiger partial charge in [-0.25, -0.2) is 0 Å². The molecule has 80 valence electrons. The van der Waals surface area contributed by atoms with Crippen molar-refractivity contribution < 1.29 is 0 Å². The van der Waals surface area contributed by atoms with Crippen molar-refractivity contribution in [3.05, 3.63) is 48.2 Å². The van der Waals surface area contributed by atoms with Gasteiger partial charge in [0.05, 0.1) is 0 Å². The minimum Gasteiger partial charge on any atom is -0.307 e. The van der Waals surface area contributed by atoms with Crippen molar-refractivity contribution in [2.75, 3.05) is 6.54 Å². The SMILES string of the molecule is C/C=C\N=C(C)CNCc1ccccc1. The van der Waals surface area contributed by atoms with Crippen molar-refractivity contribution in [3.8, 4) is 0 Å². The molecule has 0 aliphatic heterocycles. The molecule has 0 aliphatic carbocycles. The van der Waals surface area contributed by atoms with Gasteiger partial charge in [-0.2, -0.15) is 0 Å². The lowest BCUT2D eigenvalue weighted by molar-refractivity contribution is 0.774. The number of hydrogen-bond acceptors (Lipinski definition) is 2. The minimum atomic E-state index is 0.833. The Morgan fingerprint density at radius 3 is 2.73 bits per heavy atom. The van der Waals surface area contributed by atoms with E-state index in [0.717, 1.165) is 18.8 Å². The number of hydrogen-bond donors (Lipinski definition) is 1. The molecule has 0 amide bonds. The second kappa shape index (κ2) is 6.96. The molecule has 0 aromatic heterocycles. The Bertz CT molecular complexity index is 326. The van der Waals surface area contributed by atoms with Crippen LogP contribution in [0.1, 0.15) is 19.4 Å². The molecule has 0 bridgehead atoms. The van der Waals surface area contributed by atoms with E-state index in [4.69, 9.17) is 0 Å². The fraction of sp³-hybridized carbons (Fsp3) is 0.308. The summed E-state index contributed by atoms with van der Waals surface area (Å²) in [7, 11) is 0. The molecule has 15 heavy (non-hydrogen) atoms. The smallest absolute Gasteiger partial charge is 0.0340 e. The molecule has 0 spiro atoms. The number of benzene rings is 1. The maximum atomic E-state index is 4.25. The first-order valence-corrected chi connectivity index (χ1v) is 5.22. The Balaban J connectivity index is 2.28. The highest BCUT2D eigenvalue weighted by Crippen LogP contribution is 1.96. The van der Waals surface area contributed by atoms with E-state index in [1.807, 2.05) is 32.2 Å². The van der Waals surface area contributed by atoms with Gasteiger partial charge in [0.1, 0.15) is 0 Å². The van der Waals surface area contributed by atoms with Crippen LogP contribution in [-0.4, -0.2) is 12.3 Å². The van der Waals surface area contributed by atoms with Gasteiger partial charge in [-0.05, 0) is 19.4 Å². The average Bonchev–Trinajstić information content (AvgIpc) is 2.28. The van der Waals surface area contributed by atoms with Crippen LogP contribution in [0.15, 0.2) is 47.6 Å². The fourth-order valence-electron chi connectivity index (χ4n) is 1.23. The summed E-state index contributed by atoms with van der Waals surface area (Å²) >= 11 is 0. The third-order valence-corrected chi connectivity index (χ3v) is 2.00. The molecule has 0 unspecified atom stereocenters. The molecular formula is C13H18N2. The molecule has 2 nitrogen and oxygen atoms in total. The van der Waals surface area contributed by atoms with E-state index in [9.17, 15) is 0 Å². The minimum absolute atomic E-state index is 0.833. The van der Waals surface area contributed by atoms with E-state index in [1.165, 1.54) is 5.56 Å². The lowest BCUT2D eigenvalue weighted by atomic mass is 10.2. The maximum absolute atomic E-state index is 4.25. The molecule has 0 radical (unpaired) electrons. The normalized spacial score (nSPS) is 12.3. The molecule has 0 aliphatic rings. The molecule has 0 fully saturated rings. The predicted octanol–water partition coefficient (Wildman–Crippen LogP) is 2.77. The quantitative estimate of drug-likeness (QED) is 0.729. The molecule has 0 heterocycles. The van der Waals surface area contributed by atoms with Crippen molar-refractivity contribution in [3.63, 3.8) is 0 Å². The van der Waals surface area contributed by atoms with Gasteiger partial charge in [-0.3, -0.25) is 4.99 Å². The van der Waals surface area contributed by atoms with E-state index in [1.54, 1.807) is 0 Å². The molecule has 1 aromatic rings. The second-order valence-electron chi connectivity index (χ2n) is 3.44.